The summed E-state index contributed by atoms with van der Waals surface area (Å²) in [6, 6.07) is 21.3. The molecule has 4 aromatic rings. The number of aryl methyl sites for hydroxylation is 2. The van der Waals surface area contributed by atoms with Crippen LogP contribution in [0, 0.1) is 0 Å². The average Bonchev–Trinajstić information content (AvgIpc) is 3.06. The van der Waals surface area contributed by atoms with Crippen molar-refractivity contribution in [1.29, 1.82) is 0 Å². The van der Waals surface area contributed by atoms with Gasteiger partial charge in [-0.15, -0.1) is 0 Å². The molecule has 0 bridgehead atoms. The van der Waals surface area contributed by atoms with Crippen molar-refractivity contribution in [3.63, 3.8) is 0 Å². The minimum Gasteiger partial charge on any atom is -0.495 e. The maximum atomic E-state index is 13.5. The zero-order chi connectivity index (χ0) is 21.3. The SMILES string of the molecule is CCc1ccc2c(c1)c(-c1ccc(Cl)cc1)c(C(=O)Nc1ccccc1OC)n2C. The molecule has 30 heavy (non-hydrogen) atoms. The predicted octanol–water partition coefficient (Wildman–Crippen LogP) is 6.32. The quantitative estimate of drug-likeness (QED) is 0.412. The van der Waals surface area contributed by atoms with Gasteiger partial charge in [-0.2, -0.15) is 0 Å². The van der Waals surface area contributed by atoms with Crippen molar-refractivity contribution in [1.82, 2.24) is 4.57 Å². The topological polar surface area (TPSA) is 43.3 Å². The van der Waals surface area contributed by atoms with Crippen molar-refractivity contribution in [2.75, 3.05) is 12.4 Å². The van der Waals surface area contributed by atoms with E-state index in [-0.39, 0.29) is 5.91 Å². The summed E-state index contributed by atoms with van der Waals surface area (Å²) in [5, 5.41) is 4.72. The van der Waals surface area contributed by atoms with Gasteiger partial charge in [-0.05, 0) is 53.9 Å². The van der Waals surface area contributed by atoms with E-state index in [1.54, 1.807) is 7.11 Å². The Balaban J connectivity index is 1.91. The molecule has 1 N–H and O–H groups in total. The van der Waals surface area contributed by atoms with Gasteiger partial charge in [0.25, 0.3) is 5.91 Å². The summed E-state index contributed by atoms with van der Waals surface area (Å²) in [6.45, 7) is 2.13. The maximum Gasteiger partial charge on any atom is 0.273 e. The van der Waals surface area contributed by atoms with Gasteiger partial charge in [-0.25, -0.2) is 0 Å². The normalized spacial score (nSPS) is 10.9. The van der Waals surface area contributed by atoms with Crippen LogP contribution in [0.4, 0.5) is 5.69 Å². The number of hydrogen-bond donors (Lipinski definition) is 1. The number of nitrogens with zero attached hydrogens (tertiary/aromatic N) is 1. The first kappa shape index (κ1) is 20.0. The first-order valence-electron chi connectivity index (χ1n) is 9.85. The summed E-state index contributed by atoms with van der Waals surface area (Å²) >= 11 is 6.11. The third kappa shape index (κ3) is 3.55. The van der Waals surface area contributed by atoms with Crippen molar-refractivity contribution in [3.05, 3.63) is 83.0 Å². The minimum atomic E-state index is -0.193. The first-order valence-corrected chi connectivity index (χ1v) is 10.2. The molecule has 0 unspecified atom stereocenters. The number of ether oxygens (including phenoxy) is 1. The van der Waals surface area contributed by atoms with Crippen LogP contribution < -0.4 is 10.1 Å². The van der Waals surface area contributed by atoms with Crippen molar-refractivity contribution in [2.24, 2.45) is 7.05 Å². The number of fused-ring (bicyclic) bond motifs is 1. The zero-order valence-corrected chi connectivity index (χ0v) is 18.0. The Labute approximate surface area is 181 Å². The number of aromatic nitrogens is 1. The van der Waals surface area contributed by atoms with E-state index in [9.17, 15) is 4.79 Å². The van der Waals surface area contributed by atoms with Gasteiger partial charge in [0, 0.05) is 28.5 Å². The number of carbonyl (C=O) groups excluding carboxylic acids is 1. The molecule has 4 nitrogen and oxygen atoms in total. The molecule has 152 valence electrons. The Morgan fingerprint density at radius 1 is 1.07 bits per heavy atom. The lowest BCUT2D eigenvalue weighted by atomic mass is 9.99. The van der Waals surface area contributed by atoms with E-state index in [0.29, 0.717) is 22.2 Å². The smallest absolute Gasteiger partial charge is 0.273 e. The molecule has 0 saturated heterocycles. The lowest BCUT2D eigenvalue weighted by molar-refractivity contribution is 0.102. The fourth-order valence-electron chi connectivity index (χ4n) is 3.82. The number of methoxy groups -OCH3 is 1. The average molecular weight is 419 g/mol. The molecular weight excluding hydrogens is 396 g/mol. The number of nitrogens with one attached hydrogen (secondary N) is 1. The number of hydrogen-bond acceptors (Lipinski definition) is 2. The number of amides is 1. The fourth-order valence-corrected chi connectivity index (χ4v) is 3.94. The van der Waals surface area contributed by atoms with Crippen LogP contribution in [0.15, 0.2) is 66.7 Å². The molecule has 0 saturated carbocycles. The van der Waals surface area contributed by atoms with Gasteiger partial charge in [0.05, 0.1) is 12.8 Å². The summed E-state index contributed by atoms with van der Waals surface area (Å²) in [7, 11) is 3.51. The summed E-state index contributed by atoms with van der Waals surface area (Å²) in [5.41, 5.74) is 5.29. The third-order valence-electron chi connectivity index (χ3n) is 5.38. The summed E-state index contributed by atoms with van der Waals surface area (Å²) in [4.78, 5) is 13.5. The van der Waals surface area contributed by atoms with Crippen molar-refractivity contribution in [2.45, 2.75) is 13.3 Å². The van der Waals surface area contributed by atoms with Crippen LogP contribution in [0.5, 0.6) is 5.75 Å². The highest BCUT2D eigenvalue weighted by Gasteiger charge is 2.23. The molecular formula is C25H23ClN2O2. The summed E-state index contributed by atoms with van der Waals surface area (Å²) in [5.74, 6) is 0.423. The number of benzene rings is 3. The molecule has 0 aliphatic carbocycles. The van der Waals surface area contributed by atoms with Crippen molar-refractivity contribution in [3.8, 4) is 16.9 Å². The van der Waals surface area contributed by atoms with Gasteiger partial charge < -0.3 is 14.6 Å². The molecule has 1 aromatic heterocycles. The molecule has 0 aliphatic rings. The molecule has 0 radical (unpaired) electrons. The molecule has 4 rings (SSSR count). The summed E-state index contributed by atoms with van der Waals surface area (Å²) < 4.78 is 7.34. The van der Waals surface area contributed by atoms with Crippen LogP contribution in [0.2, 0.25) is 5.02 Å². The van der Waals surface area contributed by atoms with E-state index in [1.165, 1.54) is 5.56 Å². The lowest BCUT2D eigenvalue weighted by Gasteiger charge is -2.12. The van der Waals surface area contributed by atoms with E-state index in [0.717, 1.165) is 28.5 Å². The van der Waals surface area contributed by atoms with Crippen LogP contribution in [0.25, 0.3) is 22.0 Å². The standard InChI is InChI=1S/C25H23ClN2O2/c1-4-16-9-14-21-19(15-16)23(17-10-12-18(26)13-11-17)24(28(21)2)25(29)27-20-7-5-6-8-22(20)30-3/h5-15H,4H2,1-3H3,(H,27,29). The van der Waals surface area contributed by atoms with E-state index in [2.05, 4.69) is 30.4 Å². The molecule has 0 aliphatic heterocycles. The first-order chi connectivity index (χ1) is 14.5. The van der Waals surface area contributed by atoms with Crippen LogP contribution >= 0.6 is 11.6 Å². The Morgan fingerprint density at radius 3 is 2.50 bits per heavy atom. The van der Waals surface area contributed by atoms with Crippen molar-refractivity contribution >= 4 is 34.1 Å². The largest absolute Gasteiger partial charge is 0.495 e. The maximum absolute atomic E-state index is 13.5. The number of carbonyl (C=O) groups is 1. The second-order valence-electron chi connectivity index (χ2n) is 7.15. The zero-order valence-electron chi connectivity index (χ0n) is 17.2. The molecule has 1 amide bonds. The van der Waals surface area contributed by atoms with E-state index < -0.39 is 0 Å². The third-order valence-corrected chi connectivity index (χ3v) is 5.63. The van der Waals surface area contributed by atoms with Crippen LogP contribution in [0.3, 0.4) is 0 Å². The van der Waals surface area contributed by atoms with E-state index in [1.807, 2.05) is 60.1 Å². The lowest BCUT2D eigenvalue weighted by Crippen LogP contribution is -2.17. The Hall–Kier alpha value is -3.24. The molecule has 3 aromatic carbocycles. The Kier molecular flexibility index (Phi) is 5.51. The fraction of sp³-hybridized carbons (Fsp3) is 0.160. The highest BCUT2D eigenvalue weighted by Crippen LogP contribution is 2.36. The van der Waals surface area contributed by atoms with Gasteiger partial charge in [-0.1, -0.05) is 48.9 Å². The highest BCUT2D eigenvalue weighted by molar-refractivity contribution is 6.30. The number of halogens is 1. The van der Waals surface area contributed by atoms with Gasteiger partial charge in [0.2, 0.25) is 0 Å². The van der Waals surface area contributed by atoms with Gasteiger partial charge in [0.15, 0.2) is 0 Å². The predicted molar refractivity (Wildman–Crippen MR) is 124 cm³/mol. The van der Waals surface area contributed by atoms with E-state index in [4.69, 9.17) is 16.3 Å². The Morgan fingerprint density at radius 2 is 1.80 bits per heavy atom. The number of rotatable bonds is 5. The van der Waals surface area contributed by atoms with Crippen LogP contribution in [-0.2, 0) is 13.5 Å². The molecule has 0 fully saturated rings. The number of anilines is 1. The van der Waals surface area contributed by atoms with Crippen molar-refractivity contribution < 1.29 is 9.53 Å². The molecule has 1 heterocycles. The highest BCUT2D eigenvalue weighted by atomic mass is 35.5. The minimum absolute atomic E-state index is 0.193. The van der Waals surface area contributed by atoms with E-state index >= 15 is 0 Å². The molecule has 0 atom stereocenters. The second-order valence-corrected chi connectivity index (χ2v) is 7.59. The van der Waals surface area contributed by atoms with Gasteiger partial charge >= 0.3 is 0 Å². The molecule has 5 heteroatoms. The van der Waals surface area contributed by atoms with Crippen LogP contribution in [-0.4, -0.2) is 17.6 Å². The summed E-state index contributed by atoms with van der Waals surface area (Å²) in [6.07, 6.45) is 0.924. The second kappa shape index (κ2) is 8.25. The number of para-hydroxylation sites is 2. The van der Waals surface area contributed by atoms with Gasteiger partial charge in [0.1, 0.15) is 11.4 Å². The van der Waals surface area contributed by atoms with Crippen LogP contribution in [0.1, 0.15) is 23.0 Å². The molecule has 0 spiro atoms. The van der Waals surface area contributed by atoms with Gasteiger partial charge in [-0.3, -0.25) is 4.79 Å². The monoisotopic (exact) mass is 418 g/mol. The Bertz CT molecular complexity index is 1230.